The van der Waals surface area contributed by atoms with E-state index in [0.717, 1.165) is 23.0 Å². The van der Waals surface area contributed by atoms with Crippen LogP contribution in [0.25, 0.3) is 0 Å². The van der Waals surface area contributed by atoms with Crippen molar-refractivity contribution in [3.63, 3.8) is 0 Å². The van der Waals surface area contributed by atoms with Gasteiger partial charge in [-0.05, 0) is 24.1 Å². The van der Waals surface area contributed by atoms with Gasteiger partial charge in [0.2, 0.25) is 0 Å². The molecule has 6 heteroatoms. The molecule has 1 aromatic carbocycles. The van der Waals surface area contributed by atoms with E-state index in [0.29, 0.717) is 13.1 Å². The number of nitrogens with two attached hydrogens (primary N) is 1. The average molecular weight is 347 g/mol. The third kappa shape index (κ3) is 4.56. The molecule has 2 rings (SSSR count). The molecule has 1 atom stereocenters. The molecule has 0 radical (unpaired) electrons. The van der Waals surface area contributed by atoms with Gasteiger partial charge in [-0.1, -0.05) is 28.1 Å². The minimum absolute atomic E-state index is 0.00367. The van der Waals surface area contributed by atoms with E-state index in [1.54, 1.807) is 0 Å². The maximum atomic E-state index is 11.3. The zero-order chi connectivity index (χ0) is 13.9. The van der Waals surface area contributed by atoms with E-state index in [2.05, 4.69) is 20.8 Å². The predicted octanol–water partition coefficient (Wildman–Crippen LogP) is 1.57. The standard InChI is InChI=1S/C13H19BrN2O2S/c14-12-3-1-2-11(10-12)13(15)4-5-16-6-8-19(17,18)9-7-16/h1-3,10,13H,4-9,15H2. The van der Waals surface area contributed by atoms with Crippen molar-refractivity contribution < 1.29 is 8.42 Å². The number of hydrogen-bond acceptors (Lipinski definition) is 4. The molecule has 1 aliphatic rings. The first-order valence-electron chi connectivity index (χ1n) is 6.40. The zero-order valence-corrected chi connectivity index (χ0v) is 13.2. The molecule has 0 spiro atoms. The highest BCUT2D eigenvalue weighted by Crippen LogP contribution is 2.19. The monoisotopic (exact) mass is 346 g/mol. The van der Waals surface area contributed by atoms with Gasteiger partial charge in [-0.2, -0.15) is 0 Å². The van der Waals surface area contributed by atoms with Gasteiger partial charge in [-0.3, -0.25) is 0 Å². The molecular weight excluding hydrogens is 328 g/mol. The minimum atomic E-state index is -2.79. The Morgan fingerprint density at radius 3 is 2.63 bits per heavy atom. The summed E-state index contributed by atoms with van der Waals surface area (Å²) < 4.78 is 23.7. The van der Waals surface area contributed by atoms with Crippen LogP contribution in [-0.4, -0.2) is 44.5 Å². The van der Waals surface area contributed by atoms with Crippen molar-refractivity contribution >= 4 is 25.8 Å². The highest BCUT2D eigenvalue weighted by Gasteiger charge is 2.21. The van der Waals surface area contributed by atoms with Crippen molar-refractivity contribution in [3.05, 3.63) is 34.3 Å². The minimum Gasteiger partial charge on any atom is -0.324 e. The normalized spacial score (nSPS) is 21.2. The van der Waals surface area contributed by atoms with Crippen LogP contribution in [0.2, 0.25) is 0 Å². The Kier molecular flexibility index (Phi) is 5.00. The van der Waals surface area contributed by atoms with Crippen molar-refractivity contribution in [1.82, 2.24) is 4.90 Å². The molecule has 1 fully saturated rings. The molecule has 19 heavy (non-hydrogen) atoms. The van der Waals surface area contributed by atoms with Crippen molar-refractivity contribution in [2.24, 2.45) is 5.73 Å². The van der Waals surface area contributed by atoms with Crippen LogP contribution in [0.1, 0.15) is 18.0 Å². The van der Waals surface area contributed by atoms with Gasteiger partial charge < -0.3 is 10.6 Å². The van der Waals surface area contributed by atoms with E-state index >= 15 is 0 Å². The predicted molar refractivity (Wildman–Crippen MR) is 80.8 cm³/mol. The molecule has 0 aromatic heterocycles. The fourth-order valence-electron chi connectivity index (χ4n) is 2.20. The number of sulfone groups is 1. The lowest BCUT2D eigenvalue weighted by Gasteiger charge is -2.27. The summed E-state index contributed by atoms with van der Waals surface area (Å²) in [6.07, 6.45) is 0.844. The number of benzene rings is 1. The van der Waals surface area contributed by atoms with Crippen LogP contribution < -0.4 is 5.73 Å². The summed E-state index contributed by atoms with van der Waals surface area (Å²) in [6, 6.07) is 8.01. The third-order valence-corrected chi connectivity index (χ3v) is 5.57. The first-order chi connectivity index (χ1) is 8.96. The Morgan fingerprint density at radius 2 is 2.00 bits per heavy atom. The van der Waals surface area contributed by atoms with Gasteiger partial charge in [0.05, 0.1) is 11.5 Å². The molecule has 0 aliphatic carbocycles. The van der Waals surface area contributed by atoms with Gasteiger partial charge >= 0.3 is 0 Å². The number of rotatable bonds is 4. The van der Waals surface area contributed by atoms with Gasteiger partial charge in [-0.15, -0.1) is 0 Å². The maximum absolute atomic E-state index is 11.3. The zero-order valence-electron chi connectivity index (χ0n) is 10.8. The molecule has 4 nitrogen and oxygen atoms in total. The molecule has 2 N–H and O–H groups in total. The van der Waals surface area contributed by atoms with E-state index in [9.17, 15) is 8.42 Å². The second kappa shape index (κ2) is 6.35. The first-order valence-corrected chi connectivity index (χ1v) is 9.01. The summed E-state index contributed by atoms with van der Waals surface area (Å²) in [5.74, 6) is 0.554. The SMILES string of the molecule is NC(CCN1CCS(=O)(=O)CC1)c1cccc(Br)c1. The van der Waals surface area contributed by atoms with Gasteiger partial charge in [0.25, 0.3) is 0 Å². The van der Waals surface area contributed by atoms with Crippen LogP contribution in [0.3, 0.4) is 0 Å². The Morgan fingerprint density at radius 1 is 1.32 bits per heavy atom. The first kappa shape index (κ1) is 15.0. The molecular formula is C13H19BrN2O2S. The van der Waals surface area contributed by atoms with Gasteiger partial charge in [0.15, 0.2) is 9.84 Å². The number of halogens is 1. The van der Waals surface area contributed by atoms with Crippen molar-refractivity contribution in [1.29, 1.82) is 0 Å². The Hall–Kier alpha value is -0.430. The van der Waals surface area contributed by atoms with E-state index in [-0.39, 0.29) is 17.5 Å². The van der Waals surface area contributed by atoms with Gasteiger partial charge in [0.1, 0.15) is 0 Å². The summed E-state index contributed by atoms with van der Waals surface area (Å²) in [5, 5.41) is 0. The van der Waals surface area contributed by atoms with Crippen LogP contribution in [0.15, 0.2) is 28.7 Å². The molecule has 1 aliphatic heterocycles. The Labute approximate surface area is 123 Å². The van der Waals surface area contributed by atoms with Crippen LogP contribution in [0.5, 0.6) is 0 Å². The maximum Gasteiger partial charge on any atom is 0.152 e. The molecule has 0 bridgehead atoms. The van der Waals surface area contributed by atoms with Crippen molar-refractivity contribution in [2.45, 2.75) is 12.5 Å². The molecule has 1 aromatic rings. The molecule has 0 amide bonds. The summed E-state index contributed by atoms with van der Waals surface area (Å²) in [5.41, 5.74) is 7.28. The molecule has 106 valence electrons. The van der Waals surface area contributed by atoms with E-state index in [1.807, 2.05) is 24.3 Å². The lowest BCUT2D eigenvalue weighted by Crippen LogP contribution is -2.41. The van der Waals surface area contributed by atoms with E-state index < -0.39 is 9.84 Å². The second-order valence-electron chi connectivity index (χ2n) is 4.94. The summed E-state index contributed by atoms with van der Waals surface area (Å²) in [6.45, 7) is 2.12. The summed E-state index contributed by atoms with van der Waals surface area (Å²) >= 11 is 3.44. The fraction of sp³-hybridized carbons (Fsp3) is 0.538. The largest absolute Gasteiger partial charge is 0.324 e. The Balaban J connectivity index is 1.83. The van der Waals surface area contributed by atoms with Crippen LogP contribution >= 0.6 is 15.9 Å². The van der Waals surface area contributed by atoms with E-state index in [4.69, 9.17) is 5.73 Å². The summed E-state index contributed by atoms with van der Waals surface area (Å²) in [7, 11) is -2.79. The number of nitrogens with zero attached hydrogens (tertiary/aromatic N) is 1. The van der Waals surface area contributed by atoms with Crippen LogP contribution in [0.4, 0.5) is 0 Å². The van der Waals surface area contributed by atoms with Crippen molar-refractivity contribution in [2.75, 3.05) is 31.1 Å². The second-order valence-corrected chi connectivity index (χ2v) is 8.16. The van der Waals surface area contributed by atoms with E-state index in [1.165, 1.54) is 0 Å². The highest BCUT2D eigenvalue weighted by molar-refractivity contribution is 9.10. The third-order valence-electron chi connectivity index (χ3n) is 3.47. The fourth-order valence-corrected chi connectivity index (χ4v) is 3.89. The molecule has 1 saturated heterocycles. The average Bonchev–Trinajstić information content (AvgIpc) is 2.37. The lowest BCUT2D eigenvalue weighted by atomic mass is 10.0. The number of hydrogen-bond donors (Lipinski definition) is 1. The van der Waals surface area contributed by atoms with Crippen LogP contribution in [-0.2, 0) is 9.84 Å². The quantitative estimate of drug-likeness (QED) is 0.898. The van der Waals surface area contributed by atoms with Crippen molar-refractivity contribution in [3.8, 4) is 0 Å². The Bertz CT molecular complexity index is 519. The highest BCUT2D eigenvalue weighted by atomic mass is 79.9. The topological polar surface area (TPSA) is 63.4 Å². The molecule has 0 saturated carbocycles. The van der Waals surface area contributed by atoms with Gasteiger partial charge in [-0.25, -0.2) is 8.42 Å². The summed E-state index contributed by atoms with van der Waals surface area (Å²) in [4.78, 5) is 2.18. The molecule has 1 unspecified atom stereocenters. The van der Waals surface area contributed by atoms with Gasteiger partial charge in [0, 0.05) is 30.1 Å². The van der Waals surface area contributed by atoms with Crippen LogP contribution in [0, 0.1) is 0 Å². The molecule has 1 heterocycles. The smallest absolute Gasteiger partial charge is 0.152 e. The lowest BCUT2D eigenvalue weighted by molar-refractivity contribution is 0.283.